The molecule has 2 aromatic rings. The summed E-state index contributed by atoms with van der Waals surface area (Å²) in [6, 6.07) is 6.58. The topological polar surface area (TPSA) is 65.2 Å². The number of rotatable bonds is 2. The lowest BCUT2D eigenvalue weighted by molar-refractivity contribution is 0.0736. The molecule has 2 rings (SSSR count). The Morgan fingerprint density at radius 1 is 1.50 bits per heavy atom. The van der Waals surface area contributed by atoms with E-state index in [1.807, 2.05) is 0 Å². The van der Waals surface area contributed by atoms with Crippen molar-refractivity contribution in [2.24, 2.45) is 0 Å². The van der Waals surface area contributed by atoms with E-state index in [2.05, 4.69) is 4.37 Å². The number of esters is 1. The predicted molar refractivity (Wildman–Crippen MR) is 62.9 cm³/mol. The van der Waals surface area contributed by atoms with E-state index in [4.69, 9.17) is 22.1 Å². The van der Waals surface area contributed by atoms with Gasteiger partial charge in [0.2, 0.25) is 0 Å². The fraction of sp³-hybridized carbons (Fsp3) is 0. The highest BCUT2D eigenvalue weighted by atomic mass is 35.5. The lowest BCUT2D eigenvalue weighted by atomic mass is 10.3. The number of hydrogen-bond acceptors (Lipinski definition) is 5. The van der Waals surface area contributed by atoms with E-state index in [0.717, 1.165) is 11.5 Å². The zero-order valence-electron chi connectivity index (χ0n) is 8.01. The Bertz CT molecular complexity index is 527. The highest BCUT2D eigenvalue weighted by molar-refractivity contribution is 7.10. The van der Waals surface area contributed by atoms with E-state index >= 15 is 0 Å². The second-order valence-corrected chi connectivity index (χ2v) is 4.22. The molecule has 0 spiro atoms. The van der Waals surface area contributed by atoms with E-state index in [1.165, 1.54) is 6.20 Å². The molecule has 16 heavy (non-hydrogen) atoms. The Kier molecular flexibility index (Phi) is 3.07. The van der Waals surface area contributed by atoms with Crippen LogP contribution >= 0.6 is 23.1 Å². The standard InChI is InChI=1S/C10H7ClN2O2S/c11-6-2-1-3-7(4-6)15-10(14)8-5-13-16-9(8)12/h1-5H,12H2. The van der Waals surface area contributed by atoms with Crippen molar-refractivity contribution in [1.29, 1.82) is 0 Å². The molecular weight excluding hydrogens is 248 g/mol. The fourth-order valence-corrected chi connectivity index (χ4v) is 1.78. The van der Waals surface area contributed by atoms with Crippen molar-refractivity contribution in [3.8, 4) is 5.75 Å². The largest absolute Gasteiger partial charge is 0.423 e. The molecule has 0 unspecified atom stereocenters. The van der Waals surface area contributed by atoms with Gasteiger partial charge in [0.25, 0.3) is 0 Å². The van der Waals surface area contributed by atoms with Gasteiger partial charge in [0.05, 0.1) is 6.20 Å². The first kappa shape index (κ1) is 10.9. The minimum atomic E-state index is -0.534. The Labute approximate surface area is 101 Å². The number of anilines is 1. The molecule has 1 aromatic heterocycles. The van der Waals surface area contributed by atoms with Crippen LogP contribution < -0.4 is 10.5 Å². The van der Waals surface area contributed by atoms with Crippen LogP contribution in [-0.4, -0.2) is 10.3 Å². The van der Waals surface area contributed by atoms with Gasteiger partial charge in [0.1, 0.15) is 16.3 Å². The molecule has 0 radical (unpaired) electrons. The fourth-order valence-electron chi connectivity index (χ4n) is 1.09. The van der Waals surface area contributed by atoms with Crippen molar-refractivity contribution in [1.82, 2.24) is 4.37 Å². The molecule has 0 aliphatic heterocycles. The van der Waals surface area contributed by atoms with Crippen LogP contribution in [0, 0.1) is 0 Å². The van der Waals surface area contributed by atoms with Gasteiger partial charge in [-0.05, 0) is 29.7 Å². The third-order valence-corrected chi connectivity index (χ3v) is 2.69. The van der Waals surface area contributed by atoms with Gasteiger partial charge in [-0.1, -0.05) is 17.7 Å². The smallest absolute Gasteiger partial charge is 0.348 e. The molecule has 82 valence electrons. The normalized spacial score (nSPS) is 10.1. The van der Waals surface area contributed by atoms with Crippen molar-refractivity contribution in [3.05, 3.63) is 41.0 Å². The summed E-state index contributed by atoms with van der Waals surface area (Å²) in [5.41, 5.74) is 5.82. The first-order chi connectivity index (χ1) is 7.66. The minimum Gasteiger partial charge on any atom is -0.423 e. The number of benzene rings is 1. The lowest BCUT2D eigenvalue weighted by Crippen LogP contribution is -2.09. The van der Waals surface area contributed by atoms with Crippen molar-refractivity contribution in [2.45, 2.75) is 0 Å². The van der Waals surface area contributed by atoms with Crippen LogP contribution in [-0.2, 0) is 0 Å². The number of ether oxygens (including phenoxy) is 1. The summed E-state index contributed by atoms with van der Waals surface area (Å²) in [6.07, 6.45) is 1.38. The molecule has 0 aliphatic rings. The van der Waals surface area contributed by atoms with Gasteiger partial charge in [0, 0.05) is 5.02 Å². The van der Waals surface area contributed by atoms with Crippen LogP contribution in [0.1, 0.15) is 10.4 Å². The summed E-state index contributed by atoms with van der Waals surface area (Å²) < 4.78 is 8.88. The van der Waals surface area contributed by atoms with E-state index in [-0.39, 0.29) is 5.56 Å². The highest BCUT2D eigenvalue weighted by Gasteiger charge is 2.14. The number of carbonyl (C=O) groups excluding carboxylic acids is 1. The van der Waals surface area contributed by atoms with E-state index in [1.54, 1.807) is 24.3 Å². The van der Waals surface area contributed by atoms with Gasteiger partial charge in [-0.2, -0.15) is 4.37 Å². The van der Waals surface area contributed by atoms with Crippen LogP contribution in [0.3, 0.4) is 0 Å². The van der Waals surface area contributed by atoms with E-state index < -0.39 is 5.97 Å². The van der Waals surface area contributed by atoms with Crippen LogP contribution in [0.2, 0.25) is 5.02 Å². The first-order valence-corrected chi connectivity index (χ1v) is 5.50. The van der Waals surface area contributed by atoms with Gasteiger partial charge in [0.15, 0.2) is 0 Å². The number of nitrogens with zero attached hydrogens (tertiary/aromatic N) is 1. The average Bonchev–Trinajstić information content (AvgIpc) is 2.64. The number of nitrogen functional groups attached to an aromatic ring is 1. The second kappa shape index (κ2) is 4.51. The monoisotopic (exact) mass is 254 g/mol. The summed E-state index contributed by atoms with van der Waals surface area (Å²) in [5.74, 6) is -0.156. The maximum absolute atomic E-state index is 11.6. The lowest BCUT2D eigenvalue weighted by Gasteiger charge is -2.03. The zero-order valence-corrected chi connectivity index (χ0v) is 9.59. The molecular formula is C10H7ClN2O2S. The molecule has 0 bridgehead atoms. The molecule has 2 N–H and O–H groups in total. The summed E-state index contributed by atoms with van der Waals surface area (Å²) in [6.45, 7) is 0. The van der Waals surface area contributed by atoms with Gasteiger partial charge in [-0.15, -0.1) is 0 Å². The third kappa shape index (κ3) is 2.32. The van der Waals surface area contributed by atoms with Crippen LogP contribution in [0.4, 0.5) is 5.00 Å². The molecule has 4 nitrogen and oxygen atoms in total. The molecule has 0 aliphatic carbocycles. The van der Waals surface area contributed by atoms with E-state index in [9.17, 15) is 4.79 Å². The molecule has 0 atom stereocenters. The van der Waals surface area contributed by atoms with Gasteiger partial charge >= 0.3 is 5.97 Å². The predicted octanol–water partition coefficient (Wildman–Crippen LogP) is 2.60. The molecule has 1 aromatic carbocycles. The van der Waals surface area contributed by atoms with E-state index in [0.29, 0.717) is 15.8 Å². The molecule has 0 amide bonds. The Morgan fingerprint density at radius 2 is 2.31 bits per heavy atom. The maximum atomic E-state index is 11.6. The minimum absolute atomic E-state index is 0.268. The van der Waals surface area contributed by atoms with Crippen molar-refractivity contribution in [2.75, 3.05) is 5.73 Å². The Balaban J connectivity index is 2.17. The van der Waals surface area contributed by atoms with Crippen molar-refractivity contribution < 1.29 is 9.53 Å². The first-order valence-electron chi connectivity index (χ1n) is 4.34. The summed E-state index contributed by atoms with van der Waals surface area (Å²) in [5, 5.41) is 0.841. The molecule has 0 fully saturated rings. The van der Waals surface area contributed by atoms with Crippen LogP contribution in [0.5, 0.6) is 5.75 Å². The molecule has 6 heteroatoms. The number of nitrogens with two attached hydrogens (primary N) is 1. The van der Waals surface area contributed by atoms with Crippen molar-refractivity contribution >= 4 is 34.1 Å². The summed E-state index contributed by atoms with van der Waals surface area (Å²) in [4.78, 5) is 11.6. The summed E-state index contributed by atoms with van der Waals surface area (Å²) >= 11 is 6.81. The third-order valence-electron chi connectivity index (χ3n) is 1.82. The number of aromatic nitrogens is 1. The Hall–Kier alpha value is -1.59. The highest BCUT2D eigenvalue weighted by Crippen LogP contribution is 2.21. The molecule has 0 saturated heterocycles. The number of halogens is 1. The van der Waals surface area contributed by atoms with Gasteiger partial charge < -0.3 is 10.5 Å². The van der Waals surface area contributed by atoms with Crippen molar-refractivity contribution in [3.63, 3.8) is 0 Å². The van der Waals surface area contributed by atoms with Gasteiger partial charge in [-0.25, -0.2) is 4.79 Å². The average molecular weight is 255 g/mol. The maximum Gasteiger partial charge on any atom is 0.348 e. The molecule has 0 saturated carbocycles. The Morgan fingerprint density at radius 3 is 2.94 bits per heavy atom. The van der Waals surface area contributed by atoms with Gasteiger partial charge in [-0.3, -0.25) is 0 Å². The second-order valence-electron chi connectivity index (χ2n) is 2.95. The number of hydrogen-bond donors (Lipinski definition) is 1. The summed E-state index contributed by atoms with van der Waals surface area (Å²) in [7, 11) is 0. The molecule has 1 heterocycles. The zero-order chi connectivity index (χ0) is 11.5. The quantitative estimate of drug-likeness (QED) is 0.661. The SMILES string of the molecule is Nc1sncc1C(=O)Oc1cccc(Cl)c1. The van der Waals surface area contributed by atoms with Crippen LogP contribution in [0.15, 0.2) is 30.5 Å². The number of carbonyl (C=O) groups is 1. The van der Waals surface area contributed by atoms with Crippen LogP contribution in [0.25, 0.3) is 0 Å².